The van der Waals surface area contributed by atoms with Gasteiger partial charge in [0.25, 0.3) is 0 Å². The van der Waals surface area contributed by atoms with Gasteiger partial charge in [0.1, 0.15) is 11.8 Å². The monoisotopic (exact) mass is 438 g/mol. The van der Waals surface area contributed by atoms with Crippen LogP contribution >= 0.6 is 23.2 Å². The highest BCUT2D eigenvalue weighted by atomic mass is 35.5. The van der Waals surface area contributed by atoms with Gasteiger partial charge in [-0.1, -0.05) is 83.9 Å². The third-order valence-corrected chi connectivity index (χ3v) is 5.73. The molecule has 30 heavy (non-hydrogen) atoms. The van der Waals surface area contributed by atoms with Gasteiger partial charge in [-0.25, -0.2) is 9.78 Å². The molecule has 1 heterocycles. The van der Waals surface area contributed by atoms with Gasteiger partial charge in [0, 0.05) is 24.2 Å². The number of carbonyl (C=O) groups excluding carboxylic acids is 1. The first-order valence-corrected chi connectivity index (χ1v) is 10.5. The normalized spacial score (nSPS) is 12.6. The molecule has 4 rings (SSSR count). The molecule has 0 fully saturated rings. The van der Waals surface area contributed by atoms with Gasteiger partial charge in [-0.3, -0.25) is 0 Å². The second-order valence-electron chi connectivity index (χ2n) is 6.94. The number of halogens is 2. The van der Waals surface area contributed by atoms with E-state index in [0.29, 0.717) is 35.3 Å². The van der Waals surface area contributed by atoms with Gasteiger partial charge in [0.05, 0.1) is 5.02 Å². The van der Waals surface area contributed by atoms with Crippen molar-refractivity contribution in [3.8, 4) is 11.1 Å². The van der Waals surface area contributed by atoms with Crippen LogP contribution in [0.1, 0.15) is 29.0 Å². The largest absolute Gasteiger partial charge is 0.449 e. The molecule has 1 aromatic heterocycles. The average molecular weight is 439 g/mol. The number of benzene rings is 2. The highest BCUT2D eigenvalue weighted by molar-refractivity contribution is 6.36. The molecule has 0 saturated heterocycles. The number of carbonyl (C=O) groups is 1. The fourth-order valence-electron chi connectivity index (χ4n) is 3.68. The van der Waals surface area contributed by atoms with E-state index in [1.165, 1.54) is 22.3 Å². The summed E-state index contributed by atoms with van der Waals surface area (Å²) in [6, 6.07) is 18.2. The molecule has 4 nitrogen and oxygen atoms in total. The van der Waals surface area contributed by atoms with E-state index >= 15 is 0 Å². The van der Waals surface area contributed by atoms with Crippen molar-refractivity contribution < 1.29 is 9.53 Å². The van der Waals surface area contributed by atoms with Crippen LogP contribution in [-0.4, -0.2) is 24.2 Å². The summed E-state index contributed by atoms with van der Waals surface area (Å²) in [7, 11) is 0. The van der Waals surface area contributed by atoms with Crippen LogP contribution < -0.4 is 5.32 Å². The summed E-state index contributed by atoms with van der Waals surface area (Å²) in [6.07, 6.45) is 5.44. The molecule has 0 spiro atoms. The first-order chi connectivity index (χ1) is 14.6. The van der Waals surface area contributed by atoms with E-state index in [2.05, 4.69) is 34.6 Å². The Morgan fingerprint density at radius 3 is 2.37 bits per heavy atom. The third kappa shape index (κ3) is 4.35. The highest BCUT2D eigenvalue weighted by Crippen LogP contribution is 2.44. The van der Waals surface area contributed by atoms with E-state index in [9.17, 15) is 4.79 Å². The van der Waals surface area contributed by atoms with Crippen LogP contribution in [-0.2, 0) is 4.74 Å². The van der Waals surface area contributed by atoms with Crippen LogP contribution in [0, 0.1) is 0 Å². The maximum absolute atomic E-state index is 12.2. The fourth-order valence-corrected chi connectivity index (χ4v) is 4.16. The quantitative estimate of drug-likeness (QED) is 0.361. The van der Waals surface area contributed by atoms with Crippen LogP contribution in [0.25, 0.3) is 17.2 Å². The van der Waals surface area contributed by atoms with Crippen molar-refractivity contribution in [3.63, 3.8) is 0 Å². The van der Waals surface area contributed by atoms with Gasteiger partial charge in [0.15, 0.2) is 0 Å². The highest BCUT2D eigenvalue weighted by Gasteiger charge is 2.28. The van der Waals surface area contributed by atoms with Crippen molar-refractivity contribution in [2.75, 3.05) is 13.2 Å². The molecule has 3 aromatic rings. The Labute approximate surface area is 185 Å². The molecule has 0 aliphatic heterocycles. The summed E-state index contributed by atoms with van der Waals surface area (Å²) in [6.45, 7) is 0.749. The maximum atomic E-state index is 12.2. The lowest BCUT2D eigenvalue weighted by atomic mass is 9.98. The second kappa shape index (κ2) is 9.33. The van der Waals surface area contributed by atoms with E-state index in [1.54, 1.807) is 18.3 Å². The zero-order chi connectivity index (χ0) is 20.9. The molecule has 1 aliphatic carbocycles. The Morgan fingerprint density at radius 2 is 1.70 bits per heavy atom. The second-order valence-corrected chi connectivity index (χ2v) is 7.71. The molecule has 6 heteroatoms. The summed E-state index contributed by atoms with van der Waals surface area (Å²) >= 11 is 12.1. The van der Waals surface area contributed by atoms with Crippen LogP contribution in [0.15, 0.2) is 66.9 Å². The van der Waals surface area contributed by atoms with Crippen LogP contribution in [0.2, 0.25) is 10.2 Å². The third-order valence-electron chi connectivity index (χ3n) is 5.10. The van der Waals surface area contributed by atoms with E-state index in [0.717, 1.165) is 0 Å². The molecule has 1 N–H and O–H groups in total. The molecule has 0 radical (unpaired) electrons. The SMILES string of the molecule is O=C(NCCC=Cc1c(Cl)ccnc1Cl)OCC1c2ccccc2-c2ccccc21. The average Bonchev–Trinajstić information content (AvgIpc) is 3.08. The number of hydrogen-bond acceptors (Lipinski definition) is 3. The Hall–Kier alpha value is -2.82. The smallest absolute Gasteiger partial charge is 0.407 e. The first kappa shape index (κ1) is 20.5. The minimum Gasteiger partial charge on any atom is -0.449 e. The van der Waals surface area contributed by atoms with Gasteiger partial charge < -0.3 is 10.1 Å². The van der Waals surface area contributed by atoms with Crippen LogP contribution in [0.4, 0.5) is 4.79 Å². The van der Waals surface area contributed by atoms with Crippen molar-refractivity contribution in [1.82, 2.24) is 10.3 Å². The van der Waals surface area contributed by atoms with E-state index in [-0.39, 0.29) is 5.92 Å². The summed E-state index contributed by atoms with van der Waals surface area (Å²) in [4.78, 5) is 16.2. The van der Waals surface area contributed by atoms with E-state index < -0.39 is 6.09 Å². The molecular weight excluding hydrogens is 419 g/mol. The predicted octanol–water partition coefficient (Wildman–Crippen LogP) is 6.33. The van der Waals surface area contributed by atoms with Crippen molar-refractivity contribution in [2.24, 2.45) is 0 Å². The van der Waals surface area contributed by atoms with Crippen molar-refractivity contribution in [1.29, 1.82) is 0 Å². The zero-order valence-corrected chi connectivity index (χ0v) is 17.7. The van der Waals surface area contributed by atoms with E-state index in [1.807, 2.05) is 30.3 Å². The van der Waals surface area contributed by atoms with Crippen molar-refractivity contribution >= 4 is 35.4 Å². The lowest BCUT2D eigenvalue weighted by Crippen LogP contribution is -2.26. The Bertz CT molecular complexity index is 1030. The van der Waals surface area contributed by atoms with Gasteiger partial charge in [0.2, 0.25) is 0 Å². The number of ether oxygens (including phenoxy) is 1. The Balaban J connectivity index is 1.29. The molecule has 0 atom stereocenters. The lowest BCUT2D eigenvalue weighted by molar-refractivity contribution is 0.143. The van der Waals surface area contributed by atoms with Gasteiger partial charge in [-0.05, 0) is 34.7 Å². The molecule has 1 amide bonds. The molecule has 152 valence electrons. The lowest BCUT2D eigenvalue weighted by Gasteiger charge is -2.14. The first-order valence-electron chi connectivity index (χ1n) is 9.70. The number of pyridine rings is 1. The van der Waals surface area contributed by atoms with Crippen molar-refractivity contribution in [2.45, 2.75) is 12.3 Å². The number of fused-ring (bicyclic) bond motifs is 3. The predicted molar refractivity (Wildman–Crippen MR) is 121 cm³/mol. The fraction of sp³-hybridized carbons (Fsp3) is 0.167. The molecule has 1 aliphatic rings. The maximum Gasteiger partial charge on any atom is 0.407 e. The van der Waals surface area contributed by atoms with Gasteiger partial charge >= 0.3 is 6.09 Å². The number of hydrogen-bond donors (Lipinski definition) is 1. The number of amides is 1. The summed E-state index contributed by atoms with van der Waals surface area (Å²) in [5.41, 5.74) is 5.47. The van der Waals surface area contributed by atoms with Crippen LogP contribution in [0.3, 0.4) is 0 Å². The minimum atomic E-state index is -0.428. The zero-order valence-electron chi connectivity index (χ0n) is 16.1. The number of alkyl carbamates (subject to hydrolysis) is 1. The number of aromatic nitrogens is 1. The standard InChI is InChI=1S/C24H20Cl2N2O2/c25-22-12-14-27-23(26)20(22)11-5-6-13-28-24(29)30-15-21-18-9-3-1-7-16(18)17-8-2-4-10-19(17)21/h1-5,7-12,14,21H,6,13,15H2,(H,28,29). The minimum absolute atomic E-state index is 0.0536. The number of rotatable bonds is 6. The molecule has 2 aromatic carbocycles. The van der Waals surface area contributed by atoms with E-state index in [4.69, 9.17) is 27.9 Å². The molecule has 0 unspecified atom stereocenters. The van der Waals surface area contributed by atoms with Gasteiger partial charge in [-0.15, -0.1) is 0 Å². The molecule has 0 bridgehead atoms. The molecular formula is C24H20Cl2N2O2. The van der Waals surface area contributed by atoms with Crippen LogP contribution in [0.5, 0.6) is 0 Å². The topological polar surface area (TPSA) is 51.2 Å². The number of nitrogens with one attached hydrogen (secondary N) is 1. The Kier molecular flexibility index (Phi) is 6.36. The van der Waals surface area contributed by atoms with Crippen molar-refractivity contribution in [3.05, 3.63) is 93.7 Å². The van der Waals surface area contributed by atoms with Gasteiger partial charge in [-0.2, -0.15) is 0 Å². The summed E-state index contributed by atoms with van der Waals surface area (Å²) < 4.78 is 5.52. The summed E-state index contributed by atoms with van der Waals surface area (Å²) in [5.74, 6) is 0.0536. The number of nitrogens with zero attached hydrogens (tertiary/aromatic N) is 1. The summed E-state index contributed by atoms with van der Waals surface area (Å²) in [5, 5.41) is 3.66. The molecule has 0 saturated carbocycles. The Morgan fingerprint density at radius 1 is 1.03 bits per heavy atom.